The van der Waals surface area contributed by atoms with Gasteiger partial charge in [0.15, 0.2) is 0 Å². The van der Waals surface area contributed by atoms with Gasteiger partial charge < -0.3 is 10.1 Å². The maximum atomic E-state index is 6.16. The minimum atomic E-state index is 0.715. The van der Waals surface area contributed by atoms with Gasteiger partial charge in [0, 0.05) is 6.54 Å². The van der Waals surface area contributed by atoms with Crippen molar-refractivity contribution in [1.82, 2.24) is 5.32 Å². The summed E-state index contributed by atoms with van der Waals surface area (Å²) in [5, 5.41) is 3.81. The number of halogens is 1. The molecule has 0 spiro atoms. The number of nitrogens with one attached hydrogen (secondary N) is 1. The van der Waals surface area contributed by atoms with Crippen LogP contribution in [0.4, 0.5) is 0 Å². The molecule has 1 aromatic carbocycles. The van der Waals surface area contributed by atoms with Crippen molar-refractivity contribution >= 4 is 11.6 Å². The molecule has 2 rings (SSSR count). The number of benzene rings is 1. The number of hydrogen-bond acceptors (Lipinski definition) is 2. The number of rotatable bonds is 5. The second kappa shape index (κ2) is 5.55. The van der Waals surface area contributed by atoms with Crippen molar-refractivity contribution in [3.8, 4) is 5.75 Å². The second-order valence-corrected chi connectivity index (χ2v) is 4.81. The van der Waals surface area contributed by atoms with E-state index in [4.69, 9.17) is 16.3 Å². The van der Waals surface area contributed by atoms with Crippen LogP contribution in [0.2, 0.25) is 5.02 Å². The molecule has 0 heterocycles. The van der Waals surface area contributed by atoms with E-state index in [0.29, 0.717) is 5.02 Å². The molecule has 1 aliphatic rings. The Hall–Kier alpha value is -0.730. The van der Waals surface area contributed by atoms with E-state index in [1.807, 2.05) is 19.2 Å². The minimum absolute atomic E-state index is 0.715. The number of ether oxygens (including phenoxy) is 1. The highest BCUT2D eigenvalue weighted by Crippen LogP contribution is 2.30. The summed E-state index contributed by atoms with van der Waals surface area (Å²) in [6.45, 7) is 1.65. The summed E-state index contributed by atoms with van der Waals surface area (Å²) in [6.07, 6.45) is 3.95. The van der Waals surface area contributed by atoms with Crippen LogP contribution in [0.3, 0.4) is 0 Å². The molecule has 0 aromatic heterocycles. The average molecular weight is 240 g/mol. The Morgan fingerprint density at radius 3 is 2.81 bits per heavy atom. The zero-order valence-corrected chi connectivity index (χ0v) is 10.4. The summed E-state index contributed by atoms with van der Waals surface area (Å²) in [4.78, 5) is 0. The smallest absolute Gasteiger partial charge is 0.137 e. The molecule has 88 valence electrons. The fourth-order valence-corrected chi connectivity index (χ4v) is 2.10. The first kappa shape index (κ1) is 11.7. The van der Waals surface area contributed by atoms with Crippen molar-refractivity contribution in [2.75, 3.05) is 13.7 Å². The lowest BCUT2D eigenvalue weighted by Gasteiger charge is -2.25. The van der Waals surface area contributed by atoms with Gasteiger partial charge in [0.05, 0.1) is 11.6 Å². The predicted molar refractivity (Wildman–Crippen MR) is 67.1 cm³/mol. The van der Waals surface area contributed by atoms with Gasteiger partial charge in [-0.05, 0) is 43.5 Å². The average Bonchev–Trinajstić information content (AvgIpc) is 2.19. The van der Waals surface area contributed by atoms with E-state index in [-0.39, 0.29) is 0 Å². The zero-order chi connectivity index (χ0) is 11.4. The maximum Gasteiger partial charge on any atom is 0.137 e. The van der Waals surface area contributed by atoms with E-state index in [2.05, 4.69) is 11.4 Å². The van der Waals surface area contributed by atoms with Crippen LogP contribution in [0.15, 0.2) is 18.2 Å². The Labute approximate surface area is 102 Å². The van der Waals surface area contributed by atoms with Gasteiger partial charge in [-0.3, -0.25) is 0 Å². The predicted octanol–water partition coefficient (Wildman–Crippen LogP) is 3.24. The lowest BCUT2D eigenvalue weighted by atomic mass is 9.86. The van der Waals surface area contributed by atoms with Gasteiger partial charge >= 0.3 is 0 Å². The van der Waals surface area contributed by atoms with E-state index in [0.717, 1.165) is 24.8 Å². The van der Waals surface area contributed by atoms with Gasteiger partial charge in [-0.15, -0.1) is 0 Å². The second-order valence-electron chi connectivity index (χ2n) is 4.40. The van der Waals surface area contributed by atoms with Gasteiger partial charge in [0.25, 0.3) is 0 Å². The Morgan fingerprint density at radius 1 is 1.44 bits per heavy atom. The molecular formula is C13H18ClNO. The van der Waals surface area contributed by atoms with Crippen molar-refractivity contribution < 1.29 is 4.74 Å². The molecule has 0 atom stereocenters. The largest absolute Gasteiger partial charge is 0.492 e. The third-order valence-electron chi connectivity index (χ3n) is 3.08. The van der Waals surface area contributed by atoms with Crippen molar-refractivity contribution in [2.45, 2.75) is 25.8 Å². The summed E-state index contributed by atoms with van der Waals surface area (Å²) >= 11 is 6.16. The SMILES string of the molecule is CNCc1ccc(OCC2CCC2)c(Cl)c1. The Balaban J connectivity index is 1.92. The monoisotopic (exact) mass is 239 g/mol. The molecule has 1 saturated carbocycles. The standard InChI is InChI=1S/C13H18ClNO/c1-15-8-11-5-6-13(12(14)7-11)16-9-10-3-2-4-10/h5-7,10,15H,2-4,8-9H2,1H3. The fraction of sp³-hybridized carbons (Fsp3) is 0.538. The maximum absolute atomic E-state index is 6.16. The summed E-state index contributed by atoms with van der Waals surface area (Å²) in [5.41, 5.74) is 1.18. The van der Waals surface area contributed by atoms with Crippen molar-refractivity contribution in [1.29, 1.82) is 0 Å². The lowest BCUT2D eigenvalue weighted by Crippen LogP contribution is -2.19. The normalized spacial score (nSPS) is 15.9. The third kappa shape index (κ3) is 2.89. The Kier molecular flexibility index (Phi) is 4.08. The molecule has 0 saturated heterocycles. The third-order valence-corrected chi connectivity index (χ3v) is 3.37. The highest BCUT2D eigenvalue weighted by atomic mass is 35.5. The molecule has 0 unspecified atom stereocenters. The van der Waals surface area contributed by atoms with Crippen molar-refractivity contribution in [3.05, 3.63) is 28.8 Å². The summed E-state index contributed by atoms with van der Waals surface area (Å²) in [5.74, 6) is 1.56. The van der Waals surface area contributed by atoms with E-state index in [1.54, 1.807) is 0 Å². The highest BCUT2D eigenvalue weighted by molar-refractivity contribution is 6.32. The van der Waals surface area contributed by atoms with Gasteiger partial charge in [-0.1, -0.05) is 24.1 Å². The molecular weight excluding hydrogens is 222 g/mol. The molecule has 3 heteroatoms. The first-order valence-corrected chi connectivity index (χ1v) is 6.23. The fourth-order valence-electron chi connectivity index (χ4n) is 1.84. The first-order valence-electron chi connectivity index (χ1n) is 5.85. The molecule has 1 N–H and O–H groups in total. The van der Waals surface area contributed by atoms with Crippen LogP contribution >= 0.6 is 11.6 Å². The highest BCUT2D eigenvalue weighted by Gasteiger charge is 2.18. The Morgan fingerprint density at radius 2 is 2.25 bits per heavy atom. The van der Waals surface area contributed by atoms with Crippen LogP contribution in [-0.2, 0) is 6.54 Å². The Bertz CT molecular complexity index is 350. The van der Waals surface area contributed by atoms with Crippen LogP contribution < -0.4 is 10.1 Å². The molecule has 2 nitrogen and oxygen atoms in total. The molecule has 0 amide bonds. The molecule has 1 fully saturated rings. The van der Waals surface area contributed by atoms with Crippen LogP contribution in [0.25, 0.3) is 0 Å². The molecule has 0 radical (unpaired) electrons. The van der Waals surface area contributed by atoms with Gasteiger partial charge in [0.2, 0.25) is 0 Å². The van der Waals surface area contributed by atoms with Gasteiger partial charge in [-0.2, -0.15) is 0 Å². The molecule has 16 heavy (non-hydrogen) atoms. The molecule has 0 aliphatic heterocycles. The van der Waals surface area contributed by atoms with Gasteiger partial charge in [0.1, 0.15) is 5.75 Å². The number of hydrogen-bond donors (Lipinski definition) is 1. The van der Waals surface area contributed by atoms with Crippen LogP contribution in [-0.4, -0.2) is 13.7 Å². The van der Waals surface area contributed by atoms with Crippen molar-refractivity contribution in [2.24, 2.45) is 5.92 Å². The topological polar surface area (TPSA) is 21.3 Å². The lowest BCUT2D eigenvalue weighted by molar-refractivity contribution is 0.180. The van der Waals surface area contributed by atoms with E-state index >= 15 is 0 Å². The van der Waals surface area contributed by atoms with E-state index < -0.39 is 0 Å². The molecule has 1 aromatic rings. The van der Waals surface area contributed by atoms with Crippen molar-refractivity contribution in [3.63, 3.8) is 0 Å². The first-order chi connectivity index (χ1) is 7.79. The van der Waals surface area contributed by atoms with Gasteiger partial charge in [-0.25, -0.2) is 0 Å². The quantitative estimate of drug-likeness (QED) is 0.852. The zero-order valence-electron chi connectivity index (χ0n) is 9.63. The molecule has 1 aliphatic carbocycles. The summed E-state index contributed by atoms with van der Waals surface area (Å²) in [7, 11) is 1.93. The van der Waals surface area contributed by atoms with E-state index in [9.17, 15) is 0 Å². The summed E-state index contributed by atoms with van der Waals surface area (Å²) < 4.78 is 5.72. The molecule has 0 bridgehead atoms. The van der Waals surface area contributed by atoms with Crippen LogP contribution in [0, 0.1) is 5.92 Å². The van der Waals surface area contributed by atoms with Crippen LogP contribution in [0.1, 0.15) is 24.8 Å². The van der Waals surface area contributed by atoms with E-state index in [1.165, 1.54) is 24.8 Å². The minimum Gasteiger partial charge on any atom is -0.492 e. The summed E-state index contributed by atoms with van der Waals surface area (Å²) in [6, 6.07) is 5.99. The van der Waals surface area contributed by atoms with Crippen LogP contribution in [0.5, 0.6) is 5.75 Å².